The van der Waals surface area contributed by atoms with Crippen LogP contribution in [0.25, 0.3) is 0 Å². The van der Waals surface area contributed by atoms with E-state index in [0.717, 1.165) is 26.2 Å². The first-order valence-electron chi connectivity index (χ1n) is 10.2. The van der Waals surface area contributed by atoms with Crippen molar-refractivity contribution in [1.82, 2.24) is 9.80 Å². The minimum Gasteiger partial charge on any atom is -0.340 e. The summed E-state index contributed by atoms with van der Waals surface area (Å²) in [6, 6.07) is 11.4. The van der Waals surface area contributed by atoms with Crippen LogP contribution in [0.3, 0.4) is 0 Å². The van der Waals surface area contributed by atoms with Crippen molar-refractivity contribution in [2.75, 3.05) is 19.6 Å². The molecule has 2 heterocycles. The zero-order valence-electron chi connectivity index (χ0n) is 17.3. The van der Waals surface area contributed by atoms with Crippen LogP contribution in [0.15, 0.2) is 41.8 Å². The SMILES string of the molecule is CC(C)C(=O)N(CC1CN(Cc2cccs2)CC1c1ccc(F)cc1)C(C)C. The van der Waals surface area contributed by atoms with Gasteiger partial charge in [-0.3, -0.25) is 9.69 Å². The Morgan fingerprint density at radius 3 is 2.46 bits per heavy atom. The van der Waals surface area contributed by atoms with E-state index in [1.807, 2.05) is 30.9 Å². The fourth-order valence-electron chi connectivity index (χ4n) is 4.12. The topological polar surface area (TPSA) is 23.6 Å². The number of rotatable bonds is 7. The third kappa shape index (κ3) is 5.00. The summed E-state index contributed by atoms with van der Waals surface area (Å²) in [5, 5.41) is 2.11. The molecular weight excluding hydrogens is 371 g/mol. The van der Waals surface area contributed by atoms with Crippen LogP contribution < -0.4 is 0 Å². The number of benzene rings is 1. The van der Waals surface area contributed by atoms with E-state index in [4.69, 9.17) is 0 Å². The van der Waals surface area contributed by atoms with Gasteiger partial charge in [-0.2, -0.15) is 0 Å². The Labute approximate surface area is 172 Å². The van der Waals surface area contributed by atoms with Crippen molar-refractivity contribution in [3.05, 3.63) is 58.0 Å². The van der Waals surface area contributed by atoms with Crippen LogP contribution in [0.2, 0.25) is 0 Å². The largest absolute Gasteiger partial charge is 0.340 e. The number of hydrogen-bond acceptors (Lipinski definition) is 3. The molecule has 28 heavy (non-hydrogen) atoms. The van der Waals surface area contributed by atoms with Gasteiger partial charge in [0.15, 0.2) is 0 Å². The molecule has 1 amide bonds. The van der Waals surface area contributed by atoms with E-state index >= 15 is 0 Å². The Bertz CT molecular complexity index is 757. The van der Waals surface area contributed by atoms with E-state index in [1.54, 1.807) is 23.5 Å². The van der Waals surface area contributed by atoms with Crippen LogP contribution in [0, 0.1) is 17.7 Å². The summed E-state index contributed by atoms with van der Waals surface area (Å²) < 4.78 is 13.4. The molecule has 2 atom stereocenters. The van der Waals surface area contributed by atoms with Crippen LogP contribution in [-0.2, 0) is 11.3 Å². The molecular formula is C23H31FN2OS. The van der Waals surface area contributed by atoms with Crippen LogP contribution in [0.5, 0.6) is 0 Å². The van der Waals surface area contributed by atoms with Gasteiger partial charge in [0, 0.05) is 48.9 Å². The third-order valence-corrected chi connectivity index (χ3v) is 6.47. The normalized spacial score (nSPS) is 20.2. The number of halogens is 1. The van der Waals surface area contributed by atoms with E-state index in [0.29, 0.717) is 11.8 Å². The zero-order chi connectivity index (χ0) is 20.3. The summed E-state index contributed by atoms with van der Waals surface area (Å²) in [6.45, 7) is 11.7. The van der Waals surface area contributed by atoms with Crippen LogP contribution in [0.4, 0.5) is 4.39 Å². The molecule has 3 nitrogen and oxygen atoms in total. The van der Waals surface area contributed by atoms with Crippen molar-refractivity contribution in [3.63, 3.8) is 0 Å². The quantitative estimate of drug-likeness (QED) is 0.651. The second kappa shape index (κ2) is 9.19. The molecule has 1 aliphatic heterocycles. The van der Waals surface area contributed by atoms with Gasteiger partial charge in [0.05, 0.1) is 0 Å². The summed E-state index contributed by atoms with van der Waals surface area (Å²) in [6.07, 6.45) is 0. The number of carbonyl (C=O) groups is 1. The number of likely N-dealkylation sites (tertiary alicyclic amines) is 1. The first-order valence-corrected chi connectivity index (χ1v) is 11.0. The van der Waals surface area contributed by atoms with E-state index in [1.165, 1.54) is 10.4 Å². The Morgan fingerprint density at radius 2 is 1.89 bits per heavy atom. The summed E-state index contributed by atoms with van der Waals surface area (Å²) in [5.41, 5.74) is 1.17. The molecule has 0 saturated carbocycles. The third-order valence-electron chi connectivity index (χ3n) is 5.61. The van der Waals surface area contributed by atoms with Gasteiger partial charge in [-0.25, -0.2) is 4.39 Å². The second-order valence-electron chi connectivity index (χ2n) is 8.43. The fourth-order valence-corrected chi connectivity index (χ4v) is 4.87. The minimum atomic E-state index is -0.201. The first kappa shape index (κ1) is 21.0. The number of hydrogen-bond donors (Lipinski definition) is 0. The molecule has 152 valence electrons. The van der Waals surface area contributed by atoms with Crippen molar-refractivity contribution < 1.29 is 9.18 Å². The maximum absolute atomic E-state index is 13.4. The molecule has 0 spiro atoms. The number of carbonyl (C=O) groups excluding carboxylic acids is 1. The van der Waals surface area contributed by atoms with Gasteiger partial charge in [0.25, 0.3) is 0 Å². The minimum absolute atomic E-state index is 0.00436. The highest BCUT2D eigenvalue weighted by Gasteiger charge is 2.36. The lowest BCUT2D eigenvalue weighted by Gasteiger charge is -2.33. The summed E-state index contributed by atoms with van der Waals surface area (Å²) in [4.78, 5) is 18.6. The van der Waals surface area contributed by atoms with E-state index in [-0.39, 0.29) is 23.7 Å². The van der Waals surface area contributed by atoms with E-state index < -0.39 is 0 Å². The maximum atomic E-state index is 13.4. The Morgan fingerprint density at radius 1 is 1.18 bits per heavy atom. The Hall–Kier alpha value is -1.72. The highest BCUT2D eigenvalue weighted by Crippen LogP contribution is 2.35. The average Bonchev–Trinajstić information content (AvgIpc) is 3.29. The number of nitrogens with zero attached hydrogens (tertiary/aromatic N) is 2. The molecule has 3 rings (SSSR count). The number of amides is 1. The molecule has 1 aromatic heterocycles. The van der Waals surface area contributed by atoms with Gasteiger partial charge in [-0.1, -0.05) is 32.0 Å². The summed E-state index contributed by atoms with van der Waals surface area (Å²) in [5.74, 6) is 0.657. The van der Waals surface area contributed by atoms with E-state index in [2.05, 4.69) is 36.3 Å². The van der Waals surface area contributed by atoms with Crippen molar-refractivity contribution in [1.29, 1.82) is 0 Å². The molecule has 5 heteroatoms. The lowest BCUT2D eigenvalue weighted by Crippen LogP contribution is -2.43. The maximum Gasteiger partial charge on any atom is 0.225 e. The highest BCUT2D eigenvalue weighted by atomic mass is 32.1. The number of thiophene rings is 1. The molecule has 2 unspecified atom stereocenters. The zero-order valence-corrected chi connectivity index (χ0v) is 18.1. The molecule has 2 aromatic rings. The molecule has 0 bridgehead atoms. The molecule has 1 aliphatic rings. The highest BCUT2D eigenvalue weighted by molar-refractivity contribution is 7.09. The van der Waals surface area contributed by atoms with Crippen LogP contribution in [0.1, 0.15) is 44.1 Å². The smallest absolute Gasteiger partial charge is 0.225 e. The predicted molar refractivity (Wildman–Crippen MR) is 114 cm³/mol. The van der Waals surface area contributed by atoms with Crippen molar-refractivity contribution in [2.45, 2.75) is 46.2 Å². The van der Waals surface area contributed by atoms with Crippen LogP contribution in [-0.4, -0.2) is 41.4 Å². The Balaban J connectivity index is 1.81. The Kier molecular flexibility index (Phi) is 6.89. The molecule has 0 radical (unpaired) electrons. The van der Waals surface area contributed by atoms with Crippen molar-refractivity contribution in [2.24, 2.45) is 11.8 Å². The lowest BCUT2D eigenvalue weighted by atomic mass is 9.88. The van der Waals surface area contributed by atoms with Gasteiger partial charge in [0.1, 0.15) is 5.82 Å². The molecule has 0 N–H and O–H groups in total. The van der Waals surface area contributed by atoms with Gasteiger partial charge in [0.2, 0.25) is 5.91 Å². The molecule has 1 saturated heterocycles. The van der Waals surface area contributed by atoms with Gasteiger partial charge < -0.3 is 4.90 Å². The van der Waals surface area contributed by atoms with Gasteiger partial charge in [-0.05, 0) is 48.9 Å². The second-order valence-corrected chi connectivity index (χ2v) is 9.46. The molecule has 1 fully saturated rings. The predicted octanol–water partition coefficient (Wildman–Crippen LogP) is 5.00. The summed E-state index contributed by atoms with van der Waals surface area (Å²) in [7, 11) is 0. The first-order chi connectivity index (χ1) is 13.3. The monoisotopic (exact) mass is 402 g/mol. The van der Waals surface area contributed by atoms with Gasteiger partial charge >= 0.3 is 0 Å². The van der Waals surface area contributed by atoms with Crippen molar-refractivity contribution in [3.8, 4) is 0 Å². The molecule has 0 aliphatic carbocycles. The standard InChI is InChI=1S/C23H31FN2OS/c1-16(2)23(27)26(17(3)4)13-19-12-25(14-21-6-5-11-28-21)15-22(19)18-7-9-20(24)10-8-18/h5-11,16-17,19,22H,12-15H2,1-4H3. The summed E-state index contributed by atoms with van der Waals surface area (Å²) >= 11 is 1.78. The van der Waals surface area contributed by atoms with Crippen molar-refractivity contribution >= 4 is 17.2 Å². The lowest BCUT2D eigenvalue weighted by molar-refractivity contribution is -0.136. The fraction of sp³-hybridized carbons (Fsp3) is 0.522. The van der Waals surface area contributed by atoms with E-state index in [9.17, 15) is 9.18 Å². The van der Waals surface area contributed by atoms with Gasteiger partial charge in [-0.15, -0.1) is 11.3 Å². The van der Waals surface area contributed by atoms with Crippen LogP contribution >= 0.6 is 11.3 Å². The molecule has 1 aromatic carbocycles. The average molecular weight is 403 g/mol.